The van der Waals surface area contributed by atoms with Crippen molar-refractivity contribution in [2.24, 2.45) is 0 Å². The van der Waals surface area contributed by atoms with Gasteiger partial charge < -0.3 is 4.74 Å². The average molecular weight is 873 g/mol. The van der Waals surface area contributed by atoms with E-state index in [0.717, 1.165) is 63.7 Å². The monoisotopic (exact) mass is 872 g/mol. The summed E-state index contributed by atoms with van der Waals surface area (Å²) in [6.45, 7) is 11.3. The van der Waals surface area contributed by atoms with Crippen LogP contribution < -0.4 is 9.30 Å². The molecule has 320 valence electrons. The van der Waals surface area contributed by atoms with Gasteiger partial charge in [-0.25, -0.2) is 4.98 Å². The van der Waals surface area contributed by atoms with E-state index < -0.39 is 68.5 Å². The van der Waals surface area contributed by atoms with Gasteiger partial charge in [0.05, 0.1) is 47.1 Å². The molecule has 1 saturated heterocycles. The number of hydrogen-bond donors (Lipinski definition) is 0. The Morgan fingerprint density at radius 1 is 0.677 bits per heavy atom. The molecule has 7 aromatic carbocycles. The Hall–Kier alpha value is -7.02. The van der Waals surface area contributed by atoms with Crippen molar-refractivity contribution >= 4 is 40.9 Å². The number of aromatic nitrogens is 4. The van der Waals surface area contributed by atoms with Crippen LogP contribution >= 0.6 is 0 Å². The van der Waals surface area contributed by atoms with Crippen LogP contribution in [0.3, 0.4) is 0 Å². The van der Waals surface area contributed by atoms with E-state index in [1.54, 1.807) is 4.57 Å². The number of rotatable bonds is 8. The molecule has 5 nitrogen and oxygen atoms in total. The summed E-state index contributed by atoms with van der Waals surface area (Å²) >= 11 is 0. The lowest BCUT2D eigenvalue weighted by atomic mass is 9.86. The maximum Gasteiger partial charge on any atom is 0.269 e. The van der Waals surface area contributed by atoms with Crippen molar-refractivity contribution in [3.63, 3.8) is 0 Å². The quantitative estimate of drug-likeness (QED) is 0.0866. The van der Waals surface area contributed by atoms with Gasteiger partial charge in [-0.15, -0.1) is 0 Å². The van der Waals surface area contributed by atoms with Crippen molar-refractivity contribution in [2.45, 2.75) is 70.1 Å². The maximum absolute atomic E-state index is 9.36. The first kappa shape index (κ1) is 31.0. The summed E-state index contributed by atoms with van der Waals surface area (Å²) in [5.74, 6) is 1.94. The summed E-state index contributed by atoms with van der Waals surface area (Å²) in [7, 11) is -1.47. The van der Waals surface area contributed by atoms with Crippen molar-refractivity contribution < 1.29 is 23.0 Å². The Balaban J connectivity index is 1.11. The van der Waals surface area contributed by atoms with Gasteiger partial charge in [0.15, 0.2) is 0 Å². The van der Waals surface area contributed by atoms with E-state index in [4.69, 9.17) is 17.9 Å². The fourth-order valence-corrected chi connectivity index (χ4v) is 12.0. The molecule has 0 bridgehead atoms. The van der Waals surface area contributed by atoms with Crippen molar-refractivity contribution in [1.29, 1.82) is 0 Å². The third kappa shape index (κ3) is 7.66. The molecule has 10 aromatic rings. The highest BCUT2D eigenvalue weighted by molar-refractivity contribution is 6.77. The second kappa shape index (κ2) is 16.2. The molecule has 0 saturated carbocycles. The molecule has 1 aliphatic rings. The van der Waals surface area contributed by atoms with Gasteiger partial charge >= 0.3 is 0 Å². The number of ether oxygens (including phenoxy) is 1. The lowest BCUT2D eigenvalue weighted by Gasteiger charge is -2.33. The molecular formula is C59H54N4OSi. The van der Waals surface area contributed by atoms with Crippen molar-refractivity contribution in [1.82, 2.24) is 14.1 Å². The molecule has 65 heavy (non-hydrogen) atoms. The lowest BCUT2D eigenvalue weighted by molar-refractivity contribution is -0.571. The van der Waals surface area contributed by atoms with E-state index in [2.05, 4.69) is 75.1 Å². The topological polar surface area (TPSA) is 35.9 Å². The van der Waals surface area contributed by atoms with Gasteiger partial charge in [0.2, 0.25) is 0 Å². The first-order valence-corrected chi connectivity index (χ1v) is 25.7. The van der Waals surface area contributed by atoms with Gasteiger partial charge in [0.1, 0.15) is 17.3 Å². The fourth-order valence-electron chi connectivity index (χ4n) is 9.52. The summed E-state index contributed by atoms with van der Waals surface area (Å²) in [6.07, 6.45) is 7.12. The maximum atomic E-state index is 9.36. The molecule has 0 aliphatic carbocycles. The van der Waals surface area contributed by atoms with Crippen LogP contribution in [-0.2, 0) is 5.41 Å². The Morgan fingerprint density at radius 2 is 1.32 bits per heavy atom. The molecule has 3 aromatic heterocycles. The number of benzene rings is 7. The average Bonchev–Trinajstić information content (AvgIpc) is 3.99. The van der Waals surface area contributed by atoms with Gasteiger partial charge in [-0.1, -0.05) is 167 Å². The minimum absolute atomic E-state index is 0.00468. The largest absolute Gasteiger partial charge is 0.458 e. The predicted octanol–water partition coefficient (Wildman–Crippen LogP) is 15.2. The van der Waals surface area contributed by atoms with Crippen LogP contribution in [0.5, 0.6) is 11.5 Å². The fraction of sp³-hybridized carbons (Fsp3) is 0.186. The Morgan fingerprint density at radius 3 is 2.03 bits per heavy atom. The summed E-state index contributed by atoms with van der Waals surface area (Å²) in [4.78, 5) is 4.85. The molecule has 11 rings (SSSR count). The summed E-state index contributed by atoms with van der Waals surface area (Å²) in [6, 6.07) is 34.7. The van der Waals surface area contributed by atoms with Crippen LogP contribution in [0, 0.1) is 6.33 Å². The number of fused-ring (bicyclic) bond motifs is 4. The van der Waals surface area contributed by atoms with Crippen molar-refractivity contribution in [3.05, 3.63) is 199 Å². The van der Waals surface area contributed by atoms with Gasteiger partial charge in [-0.05, 0) is 106 Å². The van der Waals surface area contributed by atoms with Gasteiger partial charge in [0, 0.05) is 31.1 Å². The third-order valence-electron chi connectivity index (χ3n) is 13.1. The van der Waals surface area contributed by atoms with Crippen LogP contribution in [0.4, 0.5) is 0 Å². The Bertz CT molecular complexity index is 3830. The number of imidazole rings is 1. The normalized spacial score (nSPS) is 16.5. The van der Waals surface area contributed by atoms with E-state index >= 15 is 0 Å². The zero-order valence-electron chi connectivity index (χ0n) is 47.1. The summed E-state index contributed by atoms with van der Waals surface area (Å²) in [5, 5.41) is 2.14. The Labute approximate surface area is 397 Å². The standard InChI is InChI=1S/C59H54N4OSi/c1-59(2,3)45-29-32-60-57(37-45)63-53-24-13-12-23-49(53)50-28-27-48(39-56(50)63)64-47-22-16-21-46(38-47)61-40-62(55-26-15-14-25-54(55)61)58-51(42-17-8-6-9-18-42)35-44(41-30-33-65(4,5)34-31-41)36-52(58)43-19-10-7-11-20-43/h6-29,32,35-39,41H,30-31,33-34H2,1-5H3/i6D,7D,8D,9D,10D,11D,17D,18D,19D,20D. The summed E-state index contributed by atoms with van der Waals surface area (Å²) < 4.78 is 102. The van der Waals surface area contributed by atoms with Crippen LogP contribution in [0.2, 0.25) is 25.2 Å². The molecule has 0 spiro atoms. The minimum atomic E-state index is -1.47. The van der Waals surface area contributed by atoms with E-state index in [-0.39, 0.29) is 39.3 Å². The molecule has 0 N–H and O–H groups in total. The number of para-hydroxylation sites is 3. The zero-order valence-corrected chi connectivity index (χ0v) is 38.1. The smallest absolute Gasteiger partial charge is 0.269 e. The lowest BCUT2D eigenvalue weighted by Crippen LogP contribution is -2.32. The second-order valence-corrected chi connectivity index (χ2v) is 24.3. The first-order chi connectivity index (χ1) is 35.7. The molecule has 0 amide bonds. The first-order valence-electron chi connectivity index (χ1n) is 27.3. The third-order valence-corrected chi connectivity index (χ3v) is 16.4. The molecule has 4 heterocycles. The number of nitrogens with zero attached hydrogens (tertiary/aromatic N) is 4. The van der Waals surface area contributed by atoms with Gasteiger partial charge in [-0.3, -0.25) is 13.7 Å². The summed E-state index contributed by atoms with van der Waals surface area (Å²) in [5.41, 5.74) is 6.35. The number of pyridine rings is 1. The van der Waals surface area contributed by atoms with Gasteiger partial charge in [0.25, 0.3) is 6.33 Å². The van der Waals surface area contributed by atoms with E-state index in [1.165, 1.54) is 0 Å². The molecule has 1 fully saturated rings. The molecule has 0 unspecified atom stereocenters. The van der Waals surface area contributed by atoms with Crippen LogP contribution in [0.15, 0.2) is 182 Å². The number of hydrogen-bond acceptors (Lipinski definition) is 2. The highest BCUT2D eigenvalue weighted by Crippen LogP contribution is 2.44. The minimum Gasteiger partial charge on any atom is -0.458 e. The molecular weight excluding hydrogens is 809 g/mol. The zero-order chi connectivity index (χ0) is 53.0. The molecule has 0 atom stereocenters. The predicted molar refractivity (Wildman–Crippen MR) is 271 cm³/mol. The SMILES string of the molecule is [2H]c1c([2H])c([2H])c(-c2cc(C3CC[Si](C)(C)CC3)cc(-c3c([2H])c([2H])c([2H])c([2H])c3[2H])c2-[n+]2[c-]n(-c3cccc(Oc4ccc5c6ccccc6n(-c6cc(C(C)(C)C)ccn6)c5c4)c3)c3ccccc32)c([2H])c1[2H]. The van der Waals surface area contributed by atoms with Crippen LogP contribution in [0.1, 0.15) is 64.4 Å². The highest BCUT2D eigenvalue weighted by atomic mass is 28.3. The Kier molecular flexibility index (Phi) is 7.71. The second-order valence-electron chi connectivity index (χ2n) is 18.9. The van der Waals surface area contributed by atoms with Crippen LogP contribution in [0.25, 0.3) is 72.3 Å². The molecule has 0 radical (unpaired) electrons. The van der Waals surface area contributed by atoms with E-state index in [0.29, 0.717) is 28.2 Å². The highest BCUT2D eigenvalue weighted by Gasteiger charge is 2.31. The van der Waals surface area contributed by atoms with Crippen molar-refractivity contribution in [2.75, 3.05) is 0 Å². The van der Waals surface area contributed by atoms with E-state index in [9.17, 15) is 5.48 Å². The van der Waals surface area contributed by atoms with Crippen LogP contribution in [-0.4, -0.2) is 22.2 Å². The van der Waals surface area contributed by atoms with Crippen molar-refractivity contribution in [3.8, 4) is 50.9 Å². The van der Waals surface area contributed by atoms with E-state index in [1.807, 2.05) is 95.7 Å². The molecule has 1 aliphatic heterocycles. The van der Waals surface area contributed by atoms with Gasteiger partial charge in [-0.2, -0.15) is 0 Å². The molecule has 6 heteroatoms.